The number of aromatic nitrogens is 3. The summed E-state index contributed by atoms with van der Waals surface area (Å²) in [5.74, 6) is 0.198. The van der Waals surface area contributed by atoms with Crippen LogP contribution in [0.25, 0.3) is 5.82 Å². The number of rotatable bonds is 9. The SMILES string of the molecule is O=C(CN(Cc1ccccc1)S(=O)(=O)c1ccc(Cl)cc1)NCc1cccnc1-n1ccnc1. The third kappa shape index (κ3) is 5.69. The van der Waals surface area contributed by atoms with E-state index < -0.39 is 15.9 Å². The molecule has 2 aromatic heterocycles. The number of amides is 1. The lowest BCUT2D eigenvalue weighted by Gasteiger charge is -2.22. The topological polar surface area (TPSA) is 97.2 Å². The fourth-order valence-corrected chi connectivity index (χ4v) is 4.87. The zero-order chi connectivity index (χ0) is 24.0. The number of nitrogens with one attached hydrogen (secondary N) is 1. The van der Waals surface area contributed by atoms with Gasteiger partial charge in [-0.3, -0.25) is 9.36 Å². The monoisotopic (exact) mass is 495 g/mol. The van der Waals surface area contributed by atoms with Crippen LogP contribution in [0.15, 0.2) is 96.5 Å². The van der Waals surface area contributed by atoms with Gasteiger partial charge in [-0.25, -0.2) is 18.4 Å². The lowest BCUT2D eigenvalue weighted by molar-refractivity contribution is -0.121. The van der Waals surface area contributed by atoms with E-state index in [2.05, 4.69) is 15.3 Å². The molecule has 2 aromatic carbocycles. The first-order chi connectivity index (χ1) is 16.4. The zero-order valence-electron chi connectivity index (χ0n) is 18.1. The van der Waals surface area contributed by atoms with Crippen LogP contribution in [0.4, 0.5) is 0 Å². The number of nitrogens with zero attached hydrogens (tertiary/aromatic N) is 4. The predicted octanol–water partition coefficient (Wildman–Crippen LogP) is 3.43. The number of imidazole rings is 1. The highest BCUT2D eigenvalue weighted by atomic mass is 35.5. The van der Waals surface area contributed by atoms with Gasteiger partial charge in [-0.05, 0) is 35.9 Å². The van der Waals surface area contributed by atoms with E-state index in [0.717, 1.165) is 15.4 Å². The summed E-state index contributed by atoms with van der Waals surface area (Å²) in [6, 6.07) is 18.6. The first-order valence-electron chi connectivity index (χ1n) is 10.4. The van der Waals surface area contributed by atoms with E-state index in [1.807, 2.05) is 36.4 Å². The van der Waals surface area contributed by atoms with Crippen LogP contribution >= 0.6 is 11.6 Å². The summed E-state index contributed by atoms with van der Waals surface area (Å²) in [4.78, 5) is 21.3. The second kappa shape index (κ2) is 10.6. The molecule has 34 heavy (non-hydrogen) atoms. The summed E-state index contributed by atoms with van der Waals surface area (Å²) < 4.78 is 29.6. The van der Waals surface area contributed by atoms with Gasteiger partial charge in [0.1, 0.15) is 12.1 Å². The van der Waals surface area contributed by atoms with Crippen molar-refractivity contribution in [3.8, 4) is 5.82 Å². The van der Waals surface area contributed by atoms with Crippen LogP contribution in [0.5, 0.6) is 0 Å². The fourth-order valence-electron chi connectivity index (χ4n) is 3.36. The predicted molar refractivity (Wildman–Crippen MR) is 129 cm³/mol. The van der Waals surface area contributed by atoms with Crippen molar-refractivity contribution in [2.24, 2.45) is 0 Å². The molecule has 4 rings (SSSR count). The number of hydrogen-bond donors (Lipinski definition) is 1. The maximum absolute atomic E-state index is 13.3. The molecule has 1 N–H and O–H groups in total. The van der Waals surface area contributed by atoms with Crippen LogP contribution in [0.1, 0.15) is 11.1 Å². The van der Waals surface area contributed by atoms with Gasteiger partial charge in [0.05, 0.1) is 11.4 Å². The second-order valence-corrected chi connectivity index (χ2v) is 9.82. The van der Waals surface area contributed by atoms with E-state index in [0.29, 0.717) is 10.8 Å². The van der Waals surface area contributed by atoms with Crippen LogP contribution in [0, 0.1) is 0 Å². The third-order valence-corrected chi connectivity index (χ3v) is 7.12. The van der Waals surface area contributed by atoms with Crippen LogP contribution in [-0.2, 0) is 27.9 Å². The zero-order valence-corrected chi connectivity index (χ0v) is 19.7. The summed E-state index contributed by atoms with van der Waals surface area (Å²) >= 11 is 5.92. The van der Waals surface area contributed by atoms with E-state index in [1.54, 1.807) is 35.6 Å². The van der Waals surface area contributed by atoms with Gasteiger partial charge in [0.2, 0.25) is 15.9 Å². The molecule has 10 heteroatoms. The highest BCUT2D eigenvalue weighted by Crippen LogP contribution is 2.20. The minimum atomic E-state index is -3.95. The van der Waals surface area contributed by atoms with Gasteiger partial charge < -0.3 is 5.32 Å². The normalized spacial score (nSPS) is 11.5. The number of hydrogen-bond acceptors (Lipinski definition) is 5. The largest absolute Gasteiger partial charge is 0.351 e. The van der Waals surface area contributed by atoms with Crippen molar-refractivity contribution in [2.45, 2.75) is 18.0 Å². The lowest BCUT2D eigenvalue weighted by atomic mass is 10.2. The molecule has 0 bridgehead atoms. The Morgan fingerprint density at radius 2 is 1.76 bits per heavy atom. The Kier molecular flexibility index (Phi) is 7.36. The first kappa shape index (κ1) is 23.6. The number of sulfonamides is 1. The summed E-state index contributed by atoms with van der Waals surface area (Å²) in [7, 11) is -3.95. The van der Waals surface area contributed by atoms with Gasteiger partial charge in [-0.15, -0.1) is 0 Å². The lowest BCUT2D eigenvalue weighted by Crippen LogP contribution is -2.40. The van der Waals surface area contributed by atoms with E-state index in [-0.39, 0.29) is 24.5 Å². The van der Waals surface area contributed by atoms with E-state index in [1.165, 1.54) is 24.3 Å². The maximum atomic E-state index is 13.3. The van der Waals surface area contributed by atoms with Crippen molar-refractivity contribution in [3.63, 3.8) is 0 Å². The van der Waals surface area contributed by atoms with Gasteiger partial charge in [-0.1, -0.05) is 48.0 Å². The molecule has 174 valence electrons. The maximum Gasteiger partial charge on any atom is 0.243 e. The molecule has 1 amide bonds. The Hall–Kier alpha value is -3.53. The Bertz CT molecular complexity index is 1350. The molecule has 4 aromatic rings. The molecule has 0 atom stereocenters. The fraction of sp³-hybridized carbons (Fsp3) is 0.125. The van der Waals surface area contributed by atoms with Crippen LogP contribution in [0.3, 0.4) is 0 Å². The van der Waals surface area contributed by atoms with Crippen LogP contribution in [0.2, 0.25) is 5.02 Å². The minimum absolute atomic E-state index is 0.0480. The number of halogens is 1. The van der Waals surface area contributed by atoms with Crippen molar-refractivity contribution in [3.05, 3.63) is 108 Å². The molecule has 0 unspecified atom stereocenters. The highest BCUT2D eigenvalue weighted by molar-refractivity contribution is 7.89. The number of pyridine rings is 1. The van der Waals surface area contributed by atoms with E-state index >= 15 is 0 Å². The van der Waals surface area contributed by atoms with Gasteiger partial charge in [0.15, 0.2) is 0 Å². The molecule has 0 radical (unpaired) electrons. The molecule has 0 saturated heterocycles. The van der Waals surface area contributed by atoms with E-state index in [4.69, 9.17) is 11.6 Å². The molecule has 0 aliphatic carbocycles. The average Bonchev–Trinajstić information content (AvgIpc) is 3.38. The van der Waals surface area contributed by atoms with Gasteiger partial charge in [-0.2, -0.15) is 4.31 Å². The summed E-state index contributed by atoms with van der Waals surface area (Å²) in [5, 5.41) is 3.24. The van der Waals surface area contributed by atoms with Crippen molar-refractivity contribution in [1.82, 2.24) is 24.2 Å². The van der Waals surface area contributed by atoms with Crippen LogP contribution in [-0.4, -0.2) is 39.7 Å². The molecule has 0 fully saturated rings. The quantitative estimate of drug-likeness (QED) is 0.383. The average molecular weight is 496 g/mol. The van der Waals surface area contributed by atoms with Gasteiger partial charge >= 0.3 is 0 Å². The van der Waals surface area contributed by atoms with Gasteiger partial charge in [0.25, 0.3) is 0 Å². The summed E-state index contributed by atoms with van der Waals surface area (Å²) in [5.41, 5.74) is 1.53. The number of carbonyl (C=O) groups is 1. The number of carbonyl (C=O) groups excluding carboxylic acids is 1. The smallest absolute Gasteiger partial charge is 0.243 e. The third-order valence-electron chi connectivity index (χ3n) is 5.07. The highest BCUT2D eigenvalue weighted by Gasteiger charge is 2.27. The Labute approximate surface area is 202 Å². The van der Waals surface area contributed by atoms with Crippen molar-refractivity contribution < 1.29 is 13.2 Å². The molecule has 0 aliphatic heterocycles. The molecular weight excluding hydrogens is 474 g/mol. The van der Waals surface area contributed by atoms with Crippen molar-refractivity contribution in [1.29, 1.82) is 0 Å². The number of benzene rings is 2. The second-order valence-electron chi connectivity index (χ2n) is 7.45. The molecule has 0 spiro atoms. The van der Waals surface area contributed by atoms with E-state index in [9.17, 15) is 13.2 Å². The van der Waals surface area contributed by atoms with Crippen LogP contribution < -0.4 is 5.32 Å². The molecule has 2 heterocycles. The molecule has 0 saturated carbocycles. The summed E-state index contributed by atoms with van der Waals surface area (Å²) in [6.07, 6.45) is 6.67. The van der Waals surface area contributed by atoms with Crippen molar-refractivity contribution in [2.75, 3.05) is 6.54 Å². The Morgan fingerprint density at radius 3 is 2.47 bits per heavy atom. The molecular formula is C24H22ClN5O3S. The first-order valence-corrected chi connectivity index (χ1v) is 12.2. The van der Waals surface area contributed by atoms with Crippen molar-refractivity contribution >= 4 is 27.5 Å². The molecule has 0 aliphatic rings. The standard InChI is InChI=1S/C24H22ClN5O3S/c25-21-8-10-22(11-9-21)34(32,33)30(16-19-5-2-1-3-6-19)17-23(31)28-15-20-7-4-12-27-24(20)29-14-13-26-18-29/h1-14,18H,15-17H2,(H,28,31). The Balaban J connectivity index is 1.52. The Morgan fingerprint density at radius 1 is 1.00 bits per heavy atom. The van der Waals surface area contributed by atoms with Gasteiger partial charge in [0, 0.05) is 42.3 Å². The minimum Gasteiger partial charge on any atom is -0.351 e. The molecule has 8 nitrogen and oxygen atoms in total. The summed E-state index contributed by atoms with van der Waals surface area (Å²) in [6.45, 7) is -0.118.